The van der Waals surface area contributed by atoms with E-state index in [-0.39, 0.29) is 17.5 Å². The summed E-state index contributed by atoms with van der Waals surface area (Å²) in [6, 6.07) is 6.06. The fourth-order valence-corrected chi connectivity index (χ4v) is 1.46. The fraction of sp³-hybridized carbons (Fsp3) is 0.182. The van der Waals surface area contributed by atoms with Crippen molar-refractivity contribution in [2.45, 2.75) is 12.5 Å². The van der Waals surface area contributed by atoms with E-state index in [1.807, 2.05) is 0 Å². The van der Waals surface area contributed by atoms with E-state index < -0.39 is 11.9 Å². The van der Waals surface area contributed by atoms with Crippen molar-refractivity contribution in [2.24, 2.45) is 11.5 Å². The van der Waals surface area contributed by atoms with Gasteiger partial charge in [-0.15, -0.1) is 0 Å². The number of phenols is 1. The van der Waals surface area contributed by atoms with Gasteiger partial charge in [-0.05, 0) is 24.1 Å². The summed E-state index contributed by atoms with van der Waals surface area (Å²) in [4.78, 5) is 14.6. The van der Waals surface area contributed by atoms with Crippen LogP contribution in [0.25, 0.3) is 0 Å². The SMILES string of the molecule is NC(=O)c1noc([C@H](N)Cc2ccc(O)cc2)n1. The standard InChI is InChI=1S/C11H12N4O3/c12-8(5-6-1-3-7(16)4-2-6)11-14-10(9(13)17)15-18-11/h1-4,8,16H,5,12H2,(H2,13,17)/t8-/m1/s1. The zero-order valence-electron chi connectivity index (χ0n) is 9.41. The second-order valence-electron chi connectivity index (χ2n) is 3.80. The Labute approximate surface area is 102 Å². The maximum absolute atomic E-state index is 10.8. The summed E-state index contributed by atoms with van der Waals surface area (Å²) in [6.45, 7) is 0. The van der Waals surface area contributed by atoms with Crippen LogP contribution in [0.2, 0.25) is 0 Å². The van der Waals surface area contributed by atoms with Crippen LogP contribution in [0.15, 0.2) is 28.8 Å². The minimum Gasteiger partial charge on any atom is -0.508 e. The molecule has 0 aliphatic carbocycles. The lowest BCUT2D eigenvalue weighted by Crippen LogP contribution is -2.16. The molecule has 1 aromatic heterocycles. The van der Waals surface area contributed by atoms with Gasteiger partial charge in [0.05, 0.1) is 6.04 Å². The predicted molar refractivity (Wildman–Crippen MR) is 61.6 cm³/mol. The molecule has 2 rings (SSSR count). The minimum absolute atomic E-state index is 0.150. The monoisotopic (exact) mass is 248 g/mol. The van der Waals surface area contributed by atoms with E-state index in [1.165, 1.54) is 0 Å². The average molecular weight is 248 g/mol. The third-order valence-corrected chi connectivity index (χ3v) is 2.37. The van der Waals surface area contributed by atoms with Crippen LogP contribution in [0.5, 0.6) is 5.75 Å². The lowest BCUT2D eigenvalue weighted by molar-refractivity contribution is 0.0987. The Morgan fingerprint density at radius 1 is 1.39 bits per heavy atom. The number of hydrogen-bond donors (Lipinski definition) is 3. The number of benzene rings is 1. The number of carbonyl (C=O) groups excluding carboxylic acids is 1. The van der Waals surface area contributed by atoms with E-state index in [0.717, 1.165) is 5.56 Å². The van der Waals surface area contributed by atoms with Gasteiger partial charge < -0.3 is 21.1 Å². The van der Waals surface area contributed by atoms with E-state index >= 15 is 0 Å². The molecule has 0 aliphatic heterocycles. The number of amides is 1. The highest BCUT2D eigenvalue weighted by atomic mass is 16.5. The van der Waals surface area contributed by atoms with Crippen molar-refractivity contribution >= 4 is 5.91 Å². The van der Waals surface area contributed by atoms with Crippen LogP contribution in [-0.2, 0) is 6.42 Å². The van der Waals surface area contributed by atoms with E-state index in [2.05, 4.69) is 10.1 Å². The Morgan fingerprint density at radius 2 is 2.06 bits per heavy atom. The maximum atomic E-state index is 10.8. The summed E-state index contributed by atoms with van der Waals surface area (Å²) in [5.41, 5.74) is 11.8. The lowest BCUT2D eigenvalue weighted by atomic mass is 10.1. The van der Waals surface area contributed by atoms with Crippen molar-refractivity contribution in [1.82, 2.24) is 10.1 Å². The number of aromatic nitrogens is 2. The molecule has 94 valence electrons. The summed E-state index contributed by atoms with van der Waals surface area (Å²) in [6.07, 6.45) is 0.445. The average Bonchev–Trinajstić information content (AvgIpc) is 2.81. The van der Waals surface area contributed by atoms with Crippen LogP contribution in [0.3, 0.4) is 0 Å². The van der Waals surface area contributed by atoms with Gasteiger partial charge in [-0.25, -0.2) is 0 Å². The molecule has 1 aromatic carbocycles. The fourth-order valence-electron chi connectivity index (χ4n) is 1.46. The highest BCUT2D eigenvalue weighted by molar-refractivity contribution is 5.88. The largest absolute Gasteiger partial charge is 0.508 e. The van der Waals surface area contributed by atoms with Gasteiger partial charge in [-0.2, -0.15) is 4.98 Å². The molecule has 0 radical (unpaired) electrons. The Morgan fingerprint density at radius 3 is 2.61 bits per heavy atom. The second kappa shape index (κ2) is 4.84. The van der Waals surface area contributed by atoms with Gasteiger partial charge in [0.25, 0.3) is 11.7 Å². The molecule has 7 nitrogen and oxygen atoms in total. The normalized spacial score (nSPS) is 12.3. The molecule has 0 bridgehead atoms. The number of rotatable bonds is 4. The molecule has 7 heteroatoms. The minimum atomic E-state index is -0.762. The van der Waals surface area contributed by atoms with Crippen molar-refractivity contribution in [1.29, 1.82) is 0 Å². The molecule has 5 N–H and O–H groups in total. The number of nitrogens with zero attached hydrogens (tertiary/aromatic N) is 2. The molecule has 1 heterocycles. The molecule has 0 fully saturated rings. The number of carbonyl (C=O) groups is 1. The van der Waals surface area contributed by atoms with Crippen molar-refractivity contribution < 1.29 is 14.4 Å². The Bertz CT molecular complexity index is 550. The van der Waals surface area contributed by atoms with Gasteiger partial charge in [0, 0.05) is 0 Å². The third kappa shape index (κ3) is 2.64. The first kappa shape index (κ1) is 12.1. The second-order valence-corrected chi connectivity index (χ2v) is 3.80. The number of primary amides is 1. The number of aromatic hydroxyl groups is 1. The first-order chi connectivity index (χ1) is 8.56. The molecule has 0 spiro atoms. The van der Waals surface area contributed by atoms with Gasteiger partial charge in [-0.3, -0.25) is 4.79 Å². The molecular weight excluding hydrogens is 236 g/mol. The molecule has 0 unspecified atom stereocenters. The molecule has 0 aliphatic rings. The highest BCUT2D eigenvalue weighted by Gasteiger charge is 2.17. The van der Waals surface area contributed by atoms with Gasteiger partial charge in [0.2, 0.25) is 5.89 Å². The Hall–Kier alpha value is -2.41. The smallest absolute Gasteiger partial charge is 0.290 e. The zero-order chi connectivity index (χ0) is 13.1. The van der Waals surface area contributed by atoms with Crippen molar-refractivity contribution in [3.05, 3.63) is 41.5 Å². The van der Waals surface area contributed by atoms with E-state index in [9.17, 15) is 4.79 Å². The van der Waals surface area contributed by atoms with E-state index in [4.69, 9.17) is 21.1 Å². The summed E-state index contributed by atoms with van der Waals surface area (Å²) < 4.78 is 4.85. The molecule has 0 saturated carbocycles. The van der Waals surface area contributed by atoms with Gasteiger partial charge in [0.1, 0.15) is 5.75 Å². The Balaban J connectivity index is 2.09. The predicted octanol–water partition coefficient (Wildman–Crippen LogP) is 0.117. The first-order valence-corrected chi connectivity index (χ1v) is 5.23. The summed E-state index contributed by atoms with van der Waals surface area (Å²) in [5.74, 6) is -0.619. The highest BCUT2D eigenvalue weighted by Crippen LogP contribution is 2.16. The van der Waals surface area contributed by atoms with Crippen LogP contribution < -0.4 is 11.5 Å². The quantitative estimate of drug-likeness (QED) is 0.704. The summed E-state index contributed by atoms with van der Waals surface area (Å²) in [7, 11) is 0. The molecule has 18 heavy (non-hydrogen) atoms. The molecule has 1 amide bonds. The molecule has 0 saturated heterocycles. The van der Waals surface area contributed by atoms with Crippen LogP contribution >= 0.6 is 0 Å². The van der Waals surface area contributed by atoms with Gasteiger partial charge in [0.15, 0.2) is 0 Å². The summed E-state index contributed by atoms with van der Waals surface area (Å²) >= 11 is 0. The third-order valence-electron chi connectivity index (χ3n) is 2.37. The van der Waals surface area contributed by atoms with Crippen LogP contribution in [0.1, 0.15) is 28.1 Å². The van der Waals surface area contributed by atoms with Crippen LogP contribution in [0.4, 0.5) is 0 Å². The molecule has 2 aromatic rings. The number of hydrogen-bond acceptors (Lipinski definition) is 6. The molecular formula is C11H12N4O3. The number of nitrogens with two attached hydrogens (primary N) is 2. The number of phenolic OH excluding ortho intramolecular Hbond substituents is 1. The van der Waals surface area contributed by atoms with E-state index in [0.29, 0.717) is 6.42 Å². The van der Waals surface area contributed by atoms with E-state index in [1.54, 1.807) is 24.3 Å². The topological polar surface area (TPSA) is 128 Å². The van der Waals surface area contributed by atoms with Crippen molar-refractivity contribution in [2.75, 3.05) is 0 Å². The first-order valence-electron chi connectivity index (χ1n) is 5.23. The summed E-state index contributed by atoms with van der Waals surface area (Å²) in [5, 5.41) is 12.6. The lowest BCUT2D eigenvalue weighted by Gasteiger charge is -2.06. The van der Waals surface area contributed by atoms with Gasteiger partial charge in [-0.1, -0.05) is 17.3 Å². The zero-order valence-corrected chi connectivity index (χ0v) is 9.41. The van der Waals surface area contributed by atoms with Crippen molar-refractivity contribution in [3.8, 4) is 5.75 Å². The maximum Gasteiger partial charge on any atom is 0.290 e. The van der Waals surface area contributed by atoms with Crippen LogP contribution in [-0.4, -0.2) is 21.2 Å². The molecule has 1 atom stereocenters. The Kier molecular flexibility index (Phi) is 3.24. The van der Waals surface area contributed by atoms with Crippen LogP contribution in [0, 0.1) is 0 Å². The van der Waals surface area contributed by atoms with Gasteiger partial charge >= 0.3 is 0 Å². The van der Waals surface area contributed by atoms with Crippen molar-refractivity contribution in [3.63, 3.8) is 0 Å².